The molecule has 0 saturated heterocycles. The summed E-state index contributed by atoms with van der Waals surface area (Å²) in [4.78, 5) is 23.9. The normalized spacial score (nSPS) is 10.5. The second-order valence-corrected chi connectivity index (χ2v) is 4.76. The monoisotopic (exact) mass is 241 g/mol. The molecule has 2 heterocycles. The maximum atomic E-state index is 10.9. The van der Waals surface area contributed by atoms with E-state index in [9.17, 15) is 4.79 Å². The number of thioether (sulfide) groups is 1. The Morgan fingerprint density at radius 2 is 2.53 bits per heavy atom. The van der Waals surface area contributed by atoms with Crippen LogP contribution >= 0.6 is 23.1 Å². The third-order valence-corrected chi connectivity index (χ3v) is 3.69. The average Bonchev–Trinajstić information content (AvgIpc) is 2.68. The molecular weight excluding hydrogens is 234 g/mol. The van der Waals surface area contributed by atoms with Crippen LogP contribution in [0.25, 0.3) is 10.3 Å². The predicted molar refractivity (Wildman–Crippen MR) is 58.0 cm³/mol. The summed E-state index contributed by atoms with van der Waals surface area (Å²) in [5.74, 6) is 0.00867. The lowest BCUT2D eigenvalue weighted by Gasteiger charge is -1.94. The molecule has 2 aromatic heterocycles. The SMILES string of the molecule is COC(=O)CSc1nc2cncnc2s1. The minimum atomic E-state index is -0.259. The van der Waals surface area contributed by atoms with Gasteiger partial charge in [0.25, 0.3) is 0 Å². The van der Waals surface area contributed by atoms with Gasteiger partial charge in [0.05, 0.1) is 19.1 Å². The first-order chi connectivity index (χ1) is 7.29. The summed E-state index contributed by atoms with van der Waals surface area (Å²) in [6.45, 7) is 0. The lowest BCUT2D eigenvalue weighted by atomic mass is 10.6. The molecule has 0 aliphatic heterocycles. The molecule has 0 aliphatic carbocycles. The Labute approximate surface area is 93.9 Å². The van der Waals surface area contributed by atoms with Crippen molar-refractivity contribution in [1.82, 2.24) is 15.0 Å². The topological polar surface area (TPSA) is 65.0 Å². The van der Waals surface area contributed by atoms with Crippen molar-refractivity contribution in [1.29, 1.82) is 0 Å². The summed E-state index contributed by atoms with van der Waals surface area (Å²) < 4.78 is 5.34. The van der Waals surface area contributed by atoms with Gasteiger partial charge in [-0.2, -0.15) is 0 Å². The molecule has 0 aromatic carbocycles. The molecule has 0 saturated carbocycles. The number of carbonyl (C=O) groups is 1. The van der Waals surface area contributed by atoms with Gasteiger partial charge < -0.3 is 4.74 Å². The molecular formula is C8H7N3O2S2. The Hall–Kier alpha value is -1.21. The molecule has 0 fully saturated rings. The number of esters is 1. The predicted octanol–water partition coefficient (Wildman–Crippen LogP) is 1.35. The van der Waals surface area contributed by atoms with E-state index in [1.165, 1.54) is 36.5 Å². The first-order valence-electron chi connectivity index (χ1n) is 4.06. The summed E-state index contributed by atoms with van der Waals surface area (Å²) in [7, 11) is 1.37. The van der Waals surface area contributed by atoms with E-state index in [0.717, 1.165) is 14.7 Å². The Kier molecular flexibility index (Phi) is 3.12. The molecule has 2 aromatic rings. The zero-order valence-corrected chi connectivity index (χ0v) is 9.47. The van der Waals surface area contributed by atoms with Crippen LogP contribution in [-0.2, 0) is 9.53 Å². The molecule has 0 bridgehead atoms. The number of methoxy groups -OCH3 is 1. The molecule has 78 valence electrons. The van der Waals surface area contributed by atoms with E-state index in [1.54, 1.807) is 6.20 Å². The van der Waals surface area contributed by atoms with Gasteiger partial charge in [0.2, 0.25) is 0 Å². The summed E-state index contributed by atoms with van der Waals surface area (Å²) in [6.07, 6.45) is 3.14. The third-order valence-electron chi connectivity index (χ3n) is 1.59. The molecule has 0 amide bonds. The average molecular weight is 241 g/mol. The molecule has 2 rings (SSSR count). The molecule has 0 atom stereocenters. The van der Waals surface area contributed by atoms with Gasteiger partial charge in [-0.3, -0.25) is 4.79 Å². The van der Waals surface area contributed by atoms with E-state index >= 15 is 0 Å². The fraction of sp³-hybridized carbons (Fsp3) is 0.250. The first kappa shape index (κ1) is 10.3. The number of ether oxygens (including phenoxy) is 1. The number of hydrogen-bond acceptors (Lipinski definition) is 7. The van der Waals surface area contributed by atoms with Crippen LogP contribution in [0.3, 0.4) is 0 Å². The Balaban J connectivity index is 2.12. The van der Waals surface area contributed by atoms with Gasteiger partial charge >= 0.3 is 5.97 Å². The maximum absolute atomic E-state index is 10.9. The van der Waals surface area contributed by atoms with Gasteiger partial charge in [-0.15, -0.1) is 0 Å². The highest BCUT2D eigenvalue weighted by Gasteiger charge is 2.07. The van der Waals surface area contributed by atoms with Gasteiger partial charge in [-0.05, 0) is 0 Å². The van der Waals surface area contributed by atoms with Gasteiger partial charge in [0.1, 0.15) is 16.7 Å². The smallest absolute Gasteiger partial charge is 0.316 e. The van der Waals surface area contributed by atoms with Gasteiger partial charge in [0, 0.05) is 0 Å². The fourth-order valence-electron chi connectivity index (χ4n) is 0.912. The number of aromatic nitrogens is 3. The van der Waals surface area contributed by atoms with Crippen molar-refractivity contribution in [3.8, 4) is 0 Å². The first-order valence-corrected chi connectivity index (χ1v) is 5.86. The van der Waals surface area contributed by atoms with Crippen molar-refractivity contribution in [3.05, 3.63) is 12.5 Å². The van der Waals surface area contributed by atoms with Crippen molar-refractivity contribution in [3.63, 3.8) is 0 Å². The van der Waals surface area contributed by atoms with Crippen molar-refractivity contribution in [2.45, 2.75) is 4.34 Å². The van der Waals surface area contributed by atoms with Crippen molar-refractivity contribution in [2.75, 3.05) is 12.9 Å². The minimum Gasteiger partial charge on any atom is -0.468 e. The maximum Gasteiger partial charge on any atom is 0.316 e. The lowest BCUT2D eigenvalue weighted by Crippen LogP contribution is -2.02. The summed E-state index contributed by atoms with van der Waals surface area (Å²) in [5.41, 5.74) is 0.759. The van der Waals surface area contributed by atoms with Crippen LogP contribution in [0.1, 0.15) is 0 Å². The van der Waals surface area contributed by atoms with Crippen LogP contribution < -0.4 is 0 Å². The largest absolute Gasteiger partial charge is 0.468 e. The zero-order valence-electron chi connectivity index (χ0n) is 7.84. The Bertz CT molecular complexity index is 452. The van der Waals surface area contributed by atoms with E-state index in [0.29, 0.717) is 0 Å². The van der Waals surface area contributed by atoms with E-state index in [4.69, 9.17) is 0 Å². The number of thiazole rings is 1. The van der Waals surface area contributed by atoms with E-state index in [-0.39, 0.29) is 11.7 Å². The molecule has 15 heavy (non-hydrogen) atoms. The molecule has 0 radical (unpaired) electrons. The highest BCUT2D eigenvalue weighted by atomic mass is 32.2. The second-order valence-electron chi connectivity index (χ2n) is 2.56. The number of carbonyl (C=O) groups excluding carboxylic acids is 1. The van der Waals surface area contributed by atoms with Crippen LogP contribution in [0.5, 0.6) is 0 Å². The number of hydrogen-bond donors (Lipinski definition) is 0. The molecule has 0 N–H and O–H groups in total. The summed E-state index contributed by atoms with van der Waals surface area (Å²) in [5, 5.41) is 0. The third kappa shape index (κ3) is 2.42. The summed E-state index contributed by atoms with van der Waals surface area (Å²) in [6, 6.07) is 0. The van der Waals surface area contributed by atoms with Crippen LogP contribution in [0.2, 0.25) is 0 Å². The minimum absolute atomic E-state index is 0.259. The molecule has 5 nitrogen and oxygen atoms in total. The molecule has 0 unspecified atom stereocenters. The van der Waals surface area contributed by atoms with Crippen molar-refractivity contribution in [2.24, 2.45) is 0 Å². The quantitative estimate of drug-likeness (QED) is 0.597. The van der Waals surface area contributed by atoms with Crippen LogP contribution in [0, 0.1) is 0 Å². The van der Waals surface area contributed by atoms with Gasteiger partial charge in [-0.25, -0.2) is 15.0 Å². The number of fused-ring (bicyclic) bond motifs is 1. The molecule has 0 aliphatic rings. The van der Waals surface area contributed by atoms with E-state index < -0.39 is 0 Å². The summed E-state index contributed by atoms with van der Waals surface area (Å²) >= 11 is 2.79. The van der Waals surface area contributed by atoms with Crippen LogP contribution in [-0.4, -0.2) is 33.8 Å². The van der Waals surface area contributed by atoms with Crippen LogP contribution in [0.4, 0.5) is 0 Å². The molecule has 7 heteroatoms. The second kappa shape index (κ2) is 4.54. The fourth-order valence-corrected chi connectivity index (χ4v) is 2.70. The van der Waals surface area contributed by atoms with Crippen molar-refractivity contribution >= 4 is 39.4 Å². The van der Waals surface area contributed by atoms with Crippen molar-refractivity contribution < 1.29 is 9.53 Å². The van der Waals surface area contributed by atoms with Gasteiger partial charge in [-0.1, -0.05) is 23.1 Å². The van der Waals surface area contributed by atoms with E-state index in [1.807, 2.05) is 0 Å². The Morgan fingerprint density at radius 1 is 1.67 bits per heavy atom. The highest BCUT2D eigenvalue weighted by Crippen LogP contribution is 2.27. The highest BCUT2D eigenvalue weighted by molar-refractivity contribution is 8.01. The van der Waals surface area contributed by atoms with E-state index in [2.05, 4.69) is 19.7 Å². The molecule has 0 spiro atoms. The van der Waals surface area contributed by atoms with Crippen LogP contribution in [0.15, 0.2) is 16.9 Å². The lowest BCUT2D eigenvalue weighted by molar-refractivity contribution is -0.137. The standard InChI is InChI=1S/C8H7N3O2S2/c1-13-6(12)3-14-8-11-5-2-9-4-10-7(5)15-8/h2,4H,3H2,1H3. The number of rotatable bonds is 3. The number of nitrogens with zero attached hydrogens (tertiary/aromatic N) is 3. The Morgan fingerprint density at radius 3 is 3.27 bits per heavy atom. The van der Waals surface area contributed by atoms with Gasteiger partial charge in [0.15, 0.2) is 4.34 Å². The zero-order chi connectivity index (χ0) is 10.7.